The molecule has 0 radical (unpaired) electrons. The summed E-state index contributed by atoms with van der Waals surface area (Å²) < 4.78 is 0. The molecule has 0 amide bonds. The van der Waals surface area contributed by atoms with E-state index in [-0.39, 0.29) is 0 Å². The van der Waals surface area contributed by atoms with Crippen molar-refractivity contribution in [2.45, 2.75) is 6.42 Å². The summed E-state index contributed by atoms with van der Waals surface area (Å²) in [5.74, 6) is 5.76. The average molecular weight is 363 g/mol. The van der Waals surface area contributed by atoms with Gasteiger partial charge in [0.25, 0.3) is 0 Å². The van der Waals surface area contributed by atoms with Gasteiger partial charge in [0.15, 0.2) is 0 Å². The van der Waals surface area contributed by atoms with Gasteiger partial charge in [-0.1, -0.05) is 60.7 Å². The van der Waals surface area contributed by atoms with Crippen LogP contribution in [-0.2, 0) is 6.42 Å². The van der Waals surface area contributed by atoms with Crippen molar-refractivity contribution in [2.75, 3.05) is 11.2 Å². The molecule has 0 spiro atoms. The van der Waals surface area contributed by atoms with E-state index in [1.54, 1.807) is 0 Å². The van der Waals surface area contributed by atoms with Crippen LogP contribution in [0.3, 0.4) is 0 Å². The Kier molecular flexibility index (Phi) is 3.89. The predicted octanol–water partition coefficient (Wildman–Crippen LogP) is 5.46. The lowest BCUT2D eigenvalue weighted by atomic mass is 9.94. The van der Waals surface area contributed by atoms with Crippen LogP contribution in [0.5, 0.6) is 0 Å². The highest BCUT2D eigenvalue weighted by atomic mass is 15.2. The molecule has 0 saturated carbocycles. The summed E-state index contributed by atoms with van der Waals surface area (Å²) in [5, 5.41) is 0. The molecule has 3 heteroatoms. The minimum Gasteiger partial charge on any atom is -0.398 e. The molecule has 4 aromatic carbocycles. The zero-order valence-corrected chi connectivity index (χ0v) is 15.4. The van der Waals surface area contributed by atoms with E-state index in [1.165, 1.54) is 27.8 Å². The maximum atomic E-state index is 6.22. The molecule has 4 aromatic rings. The Morgan fingerprint density at radius 1 is 0.607 bits per heavy atom. The Labute approximate surface area is 164 Å². The molecular weight excluding hydrogens is 342 g/mol. The van der Waals surface area contributed by atoms with Crippen LogP contribution in [0.15, 0.2) is 84.9 Å². The zero-order valence-electron chi connectivity index (χ0n) is 15.4. The second kappa shape index (κ2) is 6.55. The van der Waals surface area contributed by atoms with E-state index in [9.17, 15) is 0 Å². The van der Waals surface area contributed by atoms with Gasteiger partial charge in [-0.25, -0.2) is 0 Å². The topological polar surface area (TPSA) is 64.1 Å². The largest absolute Gasteiger partial charge is 0.398 e. The van der Waals surface area contributed by atoms with Crippen LogP contribution in [0.2, 0.25) is 0 Å². The van der Waals surface area contributed by atoms with Crippen LogP contribution in [0.25, 0.3) is 33.4 Å². The molecule has 0 atom stereocenters. The molecule has 0 aromatic heterocycles. The van der Waals surface area contributed by atoms with Crippen LogP contribution in [0.1, 0.15) is 11.1 Å². The molecule has 0 fully saturated rings. The average Bonchev–Trinajstić information content (AvgIpc) is 3.11. The molecule has 136 valence electrons. The SMILES string of the molecule is NNc1ccc(-c2ccc3c(c2)-c2ccccc2C3)cc1-c1ccccc1N. The van der Waals surface area contributed by atoms with E-state index >= 15 is 0 Å². The number of hydrogen-bond donors (Lipinski definition) is 3. The van der Waals surface area contributed by atoms with Crippen molar-refractivity contribution in [2.24, 2.45) is 5.84 Å². The first-order valence-corrected chi connectivity index (χ1v) is 9.42. The van der Waals surface area contributed by atoms with Crippen molar-refractivity contribution >= 4 is 11.4 Å². The van der Waals surface area contributed by atoms with Gasteiger partial charge >= 0.3 is 0 Å². The fourth-order valence-corrected chi connectivity index (χ4v) is 4.12. The molecule has 1 aliphatic rings. The number of rotatable bonds is 3. The number of para-hydroxylation sites is 1. The molecule has 0 unspecified atom stereocenters. The highest BCUT2D eigenvalue weighted by molar-refractivity contribution is 5.89. The maximum Gasteiger partial charge on any atom is 0.0564 e. The number of benzene rings is 4. The van der Waals surface area contributed by atoms with Gasteiger partial charge in [-0.15, -0.1) is 0 Å². The van der Waals surface area contributed by atoms with Crippen molar-refractivity contribution in [3.8, 4) is 33.4 Å². The summed E-state index contributed by atoms with van der Waals surface area (Å²) in [4.78, 5) is 0. The lowest BCUT2D eigenvalue weighted by Crippen LogP contribution is -2.08. The highest BCUT2D eigenvalue weighted by Crippen LogP contribution is 2.40. The maximum absolute atomic E-state index is 6.22. The molecule has 0 bridgehead atoms. The van der Waals surface area contributed by atoms with Gasteiger partial charge < -0.3 is 11.2 Å². The quantitative estimate of drug-likeness (QED) is 0.227. The summed E-state index contributed by atoms with van der Waals surface area (Å²) in [6.45, 7) is 0. The smallest absolute Gasteiger partial charge is 0.0564 e. The van der Waals surface area contributed by atoms with Gasteiger partial charge in [-0.3, -0.25) is 5.84 Å². The number of nitrogen functional groups attached to an aromatic ring is 2. The summed E-state index contributed by atoms with van der Waals surface area (Å²) in [6, 6.07) is 29.5. The Hall–Kier alpha value is -3.56. The third-order valence-corrected chi connectivity index (χ3v) is 5.56. The first kappa shape index (κ1) is 16.6. The third-order valence-electron chi connectivity index (χ3n) is 5.56. The summed E-state index contributed by atoms with van der Waals surface area (Å²) in [6.07, 6.45) is 1.01. The monoisotopic (exact) mass is 363 g/mol. The fourth-order valence-electron chi connectivity index (χ4n) is 4.12. The Balaban J connectivity index is 1.64. The van der Waals surface area contributed by atoms with Gasteiger partial charge in [0, 0.05) is 16.8 Å². The van der Waals surface area contributed by atoms with Crippen molar-refractivity contribution in [3.05, 3.63) is 96.1 Å². The van der Waals surface area contributed by atoms with Gasteiger partial charge in [-0.2, -0.15) is 0 Å². The number of anilines is 2. The molecular formula is C25H21N3. The van der Waals surface area contributed by atoms with Crippen molar-refractivity contribution in [1.82, 2.24) is 0 Å². The third kappa shape index (κ3) is 2.65. The van der Waals surface area contributed by atoms with Crippen LogP contribution >= 0.6 is 0 Å². The van der Waals surface area contributed by atoms with Crippen molar-refractivity contribution < 1.29 is 0 Å². The molecule has 0 heterocycles. The second-order valence-electron chi connectivity index (χ2n) is 7.20. The molecule has 28 heavy (non-hydrogen) atoms. The van der Waals surface area contributed by atoms with Gasteiger partial charge in [0.2, 0.25) is 0 Å². The van der Waals surface area contributed by atoms with E-state index in [1.807, 2.05) is 30.3 Å². The van der Waals surface area contributed by atoms with Gasteiger partial charge in [-0.05, 0) is 64.1 Å². The number of nitrogens with one attached hydrogen (secondary N) is 1. The first-order valence-electron chi connectivity index (χ1n) is 9.42. The van der Waals surface area contributed by atoms with Crippen molar-refractivity contribution in [1.29, 1.82) is 0 Å². The minimum absolute atomic E-state index is 0.735. The van der Waals surface area contributed by atoms with E-state index in [0.717, 1.165) is 34.5 Å². The van der Waals surface area contributed by atoms with Crippen molar-refractivity contribution in [3.63, 3.8) is 0 Å². The number of hydrazine groups is 1. The predicted molar refractivity (Wildman–Crippen MR) is 118 cm³/mol. The van der Waals surface area contributed by atoms with Gasteiger partial charge in [0.1, 0.15) is 0 Å². The molecule has 1 aliphatic carbocycles. The van der Waals surface area contributed by atoms with E-state index < -0.39 is 0 Å². The van der Waals surface area contributed by atoms with Crippen LogP contribution < -0.4 is 17.0 Å². The zero-order chi connectivity index (χ0) is 19.1. The standard InChI is InChI=1S/C25H21N3/c26-24-8-4-3-7-21(24)23-15-17(11-12-25(23)28-27)16-9-10-19-13-18-5-1-2-6-20(18)22(19)14-16/h1-12,14-15,28H,13,26-27H2. The van der Waals surface area contributed by atoms with E-state index in [4.69, 9.17) is 11.6 Å². The normalized spacial score (nSPS) is 11.8. The molecule has 5 rings (SSSR count). The molecule has 0 aliphatic heterocycles. The number of fused-ring (bicyclic) bond motifs is 3. The first-order chi connectivity index (χ1) is 13.7. The van der Waals surface area contributed by atoms with Crippen LogP contribution in [-0.4, -0.2) is 0 Å². The molecule has 5 N–H and O–H groups in total. The summed E-state index contributed by atoms with van der Waals surface area (Å²) in [5.41, 5.74) is 20.4. The Morgan fingerprint density at radius 3 is 2.04 bits per heavy atom. The summed E-state index contributed by atoms with van der Waals surface area (Å²) in [7, 11) is 0. The van der Waals surface area contributed by atoms with E-state index in [0.29, 0.717) is 0 Å². The van der Waals surface area contributed by atoms with E-state index in [2.05, 4.69) is 60.0 Å². The van der Waals surface area contributed by atoms with Crippen LogP contribution in [0, 0.1) is 0 Å². The Morgan fingerprint density at radius 2 is 1.25 bits per heavy atom. The van der Waals surface area contributed by atoms with Gasteiger partial charge in [0.05, 0.1) is 5.69 Å². The molecule has 3 nitrogen and oxygen atoms in total. The Bertz CT molecular complexity index is 1190. The highest BCUT2D eigenvalue weighted by Gasteiger charge is 2.18. The molecule has 0 saturated heterocycles. The fraction of sp³-hybridized carbons (Fsp3) is 0.0400. The minimum atomic E-state index is 0.735. The second-order valence-corrected chi connectivity index (χ2v) is 7.20. The summed E-state index contributed by atoms with van der Waals surface area (Å²) >= 11 is 0. The number of nitrogens with two attached hydrogens (primary N) is 2. The lowest BCUT2D eigenvalue weighted by molar-refractivity contribution is 1.26. The number of hydrogen-bond acceptors (Lipinski definition) is 3. The van der Waals surface area contributed by atoms with Crippen LogP contribution in [0.4, 0.5) is 11.4 Å². The lowest BCUT2D eigenvalue weighted by Gasteiger charge is -2.14.